The van der Waals surface area contributed by atoms with Crippen LogP contribution in [0.4, 0.5) is 21.7 Å². The minimum Gasteiger partial charge on any atom is -0.361 e. The van der Waals surface area contributed by atoms with E-state index in [4.69, 9.17) is 0 Å². The molecule has 132 valence electrons. The Morgan fingerprint density at radius 2 is 2.00 bits per heavy atom. The second-order valence-electron chi connectivity index (χ2n) is 5.41. The first kappa shape index (κ1) is 18.8. The maximum absolute atomic E-state index is 14.3. The van der Waals surface area contributed by atoms with Gasteiger partial charge in [0.1, 0.15) is 17.5 Å². The molecule has 0 amide bonds. The number of anilines is 3. The van der Waals surface area contributed by atoms with Gasteiger partial charge in [0, 0.05) is 32.2 Å². The van der Waals surface area contributed by atoms with E-state index in [1.165, 1.54) is 18.2 Å². The number of rotatable bonds is 6. The van der Waals surface area contributed by atoms with Crippen molar-refractivity contribution >= 4 is 22.9 Å². The lowest BCUT2D eigenvalue weighted by molar-refractivity contribution is 0.669. The summed E-state index contributed by atoms with van der Waals surface area (Å²) in [6, 6.07) is 5.60. The zero-order chi connectivity index (χ0) is 19.1. The number of hydrogen-bond donors (Lipinski definition) is 1. The number of halogens is 1. The second kappa shape index (κ2) is 8.53. The molecule has 0 aliphatic carbocycles. The Morgan fingerprint density at radius 1 is 1.31 bits per heavy atom. The van der Waals surface area contributed by atoms with Crippen LogP contribution in [-0.4, -0.2) is 29.0 Å². The monoisotopic (exact) mass is 350 g/mol. The number of pyridine rings is 1. The Hall–Kier alpha value is -3.53. The number of nitriles is 1. The molecule has 0 unspecified atom stereocenters. The molecule has 0 aromatic carbocycles. The molecule has 0 spiro atoms. The summed E-state index contributed by atoms with van der Waals surface area (Å²) >= 11 is 0. The maximum Gasteiger partial charge on any atom is 0.166 e. The van der Waals surface area contributed by atoms with Gasteiger partial charge >= 0.3 is 0 Å². The SMILES string of the molecule is C=C/C=C(\C(F)=C/C)c1nc(Nc2ccncc2)c(C#N)c(N(C)C)n1. The van der Waals surface area contributed by atoms with Crippen molar-refractivity contribution in [3.05, 3.63) is 66.5 Å². The molecular formula is C19H19FN6. The van der Waals surface area contributed by atoms with Gasteiger partial charge < -0.3 is 10.2 Å². The van der Waals surface area contributed by atoms with Gasteiger partial charge in [-0.25, -0.2) is 14.4 Å². The third-order valence-electron chi connectivity index (χ3n) is 3.40. The van der Waals surface area contributed by atoms with Gasteiger partial charge in [-0.05, 0) is 25.1 Å². The average molecular weight is 350 g/mol. The molecule has 0 atom stereocenters. The van der Waals surface area contributed by atoms with Crippen LogP contribution in [0.2, 0.25) is 0 Å². The van der Waals surface area contributed by atoms with Crippen LogP contribution in [-0.2, 0) is 0 Å². The summed E-state index contributed by atoms with van der Waals surface area (Å²) in [7, 11) is 3.51. The molecule has 2 aromatic rings. The van der Waals surface area contributed by atoms with Crippen LogP contribution in [0, 0.1) is 11.3 Å². The van der Waals surface area contributed by atoms with E-state index in [0.29, 0.717) is 11.5 Å². The number of aromatic nitrogens is 3. The molecule has 1 N–H and O–H groups in total. The predicted octanol–water partition coefficient (Wildman–Crippen LogP) is 4.00. The molecule has 0 aliphatic heterocycles. The summed E-state index contributed by atoms with van der Waals surface area (Å²) in [5, 5.41) is 12.7. The van der Waals surface area contributed by atoms with E-state index in [-0.39, 0.29) is 22.8 Å². The van der Waals surface area contributed by atoms with E-state index in [9.17, 15) is 9.65 Å². The first-order valence-electron chi connectivity index (χ1n) is 7.83. The van der Waals surface area contributed by atoms with Gasteiger partial charge in [-0.2, -0.15) is 5.26 Å². The third kappa shape index (κ3) is 4.11. The van der Waals surface area contributed by atoms with Gasteiger partial charge in [-0.15, -0.1) is 0 Å². The van der Waals surface area contributed by atoms with Crippen LogP contribution in [0.3, 0.4) is 0 Å². The van der Waals surface area contributed by atoms with E-state index in [2.05, 4.69) is 32.9 Å². The van der Waals surface area contributed by atoms with Crippen molar-refractivity contribution in [3.63, 3.8) is 0 Å². The highest BCUT2D eigenvalue weighted by molar-refractivity contribution is 5.78. The fourth-order valence-electron chi connectivity index (χ4n) is 2.19. The Bertz CT molecular complexity index is 894. The number of hydrogen-bond acceptors (Lipinski definition) is 6. The van der Waals surface area contributed by atoms with Crippen molar-refractivity contribution in [1.29, 1.82) is 5.26 Å². The van der Waals surface area contributed by atoms with Crippen LogP contribution in [0.1, 0.15) is 18.3 Å². The summed E-state index contributed by atoms with van der Waals surface area (Å²) in [4.78, 5) is 14.4. The van der Waals surface area contributed by atoms with E-state index in [1.807, 2.05) is 0 Å². The van der Waals surface area contributed by atoms with Crippen LogP contribution in [0.15, 0.2) is 55.2 Å². The summed E-state index contributed by atoms with van der Waals surface area (Å²) in [6.07, 6.45) is 7.51. The Kier molecular flexibility index (Phi) is 6.17. The summed E-state index contributed by atoms with van der Waals surface area (Å²) < 4.78 is 14.3. The normalized spacial score (nSPS) is 11.7. The lowest BCUT2D eigenvalue weighted by Gasteiger charge is -2.18. The highest BCUT2D eigenvalue weighted by atomic mass is 19.1. The molecule has 0 saturated heterocycles. The van der Waals surface area contributed by atoms with Gasteiger partial charge in [0.05, 0.1) is 5.57 Å². The largest absolute Gasteiger partial charge is 0.361 e. The Balaban J connectivity index is 2.70. The first-order valence-corrected chi connectivity index (χ1v) is 7.83. The first-order chi connectivity index (χ1) is 12.5. The van der Waals surface area contributed by atoms with Gasteiger partial charge in [0.2, 0.25) is 0 Å². The molecule has 2 aromatic heterocycles. The smallest absolute Gasteiger partial charge is 0.166 e. The van der Waals surface area contributed by atoms with Gasteiger partial charge in [0.15, 0.2) is 17.5 Å². The highest BCUT2D eigenvalue weighted by Gasteiger charge is 2.19. The maximum atomic E-state index is 14.3. The standard InChI is InChI=1S/C19H19FN6/c1-5-7-14(16(20)6-2)17-24-18(23-13-8-10-22-11-9-13)15(12-21)19(25-17)26(3)4/h5-11H,1H2,2-4H3,(H,22,23,24,25)/b14-7+,16-6+. The van der Waals surface area contributed by atoms with E-state index in [0.717, 1.165) is 0 Å². The van der Waals surface area contributed by atoms with Crippen molar-refractivity contribution in [2.45, 2.75) is 6.92 Å². The zero-order valence-corrected chi connectivity index (χ0v) is 14.9. The highest BCUT2D eigenvalue weighted by Crippen LogP contribution is 2.30. The minimum atomic E-state index is -0.478. The Morgan fingerprint density at radius 3 is 2.54 bits per heavy atom. The van der Waals surface area contributed by atoms with Crippen molar-refractivity contribution in [1.82, 2.24) is 15.0 Å². The molecular weight excluding hydrogens is 331 g/mol. The molecule has 0 radical (unpaired) electrons. The molecule has 7 heteroatoms. The van der Waals surface area contributed by atoms with E-state index < -0.39 is 5.83 Å². The molecule has 0 aliphatic rings. The van der Waals surface area contributed by atoms with Crippen LogP contribution < -0.4 is 10.2 Å². The fraction of sp³-hybridized carbons (Fsp3) is 0.158. The number of nitrogens with one attached hydrogen (secondary N) is 1. The van der Waals surface area contributed by atoms with Crippen LogP contribution in [0.25, 0.3) is 5.57 Å². The van der Waals surface area contributed by atoms with Gasteiger partial charge in [0.25, 0.3) is 0 Å². The topological polar surface area (TPSA) is 77.7 Å². The van der Waals surface area contributed by atoms with Gasteiger partial charge in [-0.1, -0.05) is 18.7 Å². The quantitative estimate of drug-likeness (QED) is 0.794. The lowest BCUT2D eigenvalue weighted by atomic mass is 10.1. The number of allylic oxidation sites excluding steroid dienone is 5. The molecule has 2 heterocycles. The molecule has 2 rings (SSSR count). The summed E-state index contributed by atoms with van der Waals surface area (Å²) in [6.45, 7) is 5.20. The zero-order valence-electron chi connectivity index (χ0n) is 14.9. The Labute approximate surface area is 152 Å². The summed E-state index contributed by atoms with van der Waals surface area (Å²) in [5.74, 6) is 0.341. The number of nitrogens with zero attached hydrogens (tertiary/aromatic N) is 5. The minimum absolute atomic E-state index is 0.153. The molecule has 0 bridgehead atoms. The van der Waals surface area contributed by atoms with Crippen LogP contribution in [0.5, 0.6) is 0 Å². The molecule has 0 fully saturated rings. The second-order valence-corrected chi connectivity index (χ2v) is 5.41. The van der Waals surface area contributed by atoms with E-state index in [1.54, 1.807) is 50.4 Å². The molecule has 26 heavy (non-hydrogen) atoms. The van der Waals surface area contributed by atoms with Gasteiger partial charge in [-0.3, -0.25) is 4.98 Å². The van der Waals surface area contributed by atoms with Crippen molar-refractivity contribution < 1.29 is 4.39 Å². The third-order valence-corrected chi connectivity index (χ3v) is 3.40. The van der Waals surface area contributed by atoms with Crippen molar-refractivity contribution in [3.8, 4) is 6.07 Å². The average Bonchev–Trinajstić information content (AvgIpc) is 2.65. The van der Waals surface area contributed by atoms with E-state index >= 15 is 0 Å². The fourth-order valence-corrected chi connectivity index (χ4v) is 2.19. The van der Waals surface area contributed by atoms with Crippen molar-refractivity contribution in [2.75, 3.05) is 24.3 Å². The van der Waals surface area contributed by atoms with Crippen molar-refractivity contribution in [2.24, 2.45) is 0 Å². The predicted molar refractivity (Wildman–Crippen MR) is 102 cm³/mol. The lowest BCUT2D eigenvalue weighted by Crippen LogP contribution is -2.16. The molecule has 6 nitrogen and oxygen atoms in total. The summed E-state index contributed by atoms with van der Waals surface area (Å²) in [5.41, 5.74) is 1.15. The molecule has 0 saturated carbocycles. The van der Waals surface area contributed by atoms with Crippen LogP contribution >= 0.6 is 0 Å².